The van der Waals surface area contributed by atoms with E-state index >= 15 is 0 Å². The summed E-state index contributed by atoms with van der Waals surface area (Å²) in [5.74, 6) is 0.296. The molecule has 7 nitrogen and oxygen atoms in total. The predicted octanol–water partition coefficient (Wildman–Crippen LogP) is 4.28. The average Bonchev–Trinajstić information content (AvgIpc) is 3.18. The van der Waals surface area contributed by atoms with Gasteiger partial charge in [-0.25, -0.2) is 4.98 Å². The van der Waals surface area contributed by atoms with Crippen LogP contribution in [0.4, 0.5) is 10.8 Å². The first-order valence-electron chi connectivity index (χ1n) is 8.78. The second-order valence-electron chi connectivity index (χ2n) is 6.31. The fraction of sp³-hybridized carbons (Fsp3) is 0.190. The highest BCUT2D eigenvalue weighted by Crippen LogP contribution is 2.25. The topological polar surface area (TPSA) is 89.6 Å². The Kier molecular flexibility index (Phi) is 6.13. The van der Waals surface area contributed by atoms with Crippen LogP contribution >= 0.6 is 11.3 Å². The molecule has 29 heavy (non-hydrogen) atoms. The normalized spacial score (nSPS) is 10.3. The molecule has 0 aliphatic heterocycles. The fourth-order valence-corrected chi connectivity index (χ4v) is 3.42. The number of methoxy groups -OCH3 is 2. The summed E-state index contributed by atoms with van der Waals surface area (Å²) in [6.45, 7) is 3.86. The lowest BCUT2D eigenvalue weighted by Crippen LogP contribution is -2.15. The van der Waals surface area contributed by atoms with E-state index in [1.165, 1.54) is 25.6 Å². The summed E-state index contributed by atoms with van der Waals surface area (Å²) in [5.41, 5.74) is 3.29. The Morgan fingerprint density at radius 1 is 0.931 bits per heavy atom. The molecule has 0 unspecified atom stereocenters. The number of aromatic nitrogens is 1. The van der Waals surface area contributed by atoms with Crippen LogP contribution in [0.3, 0.4) is 0 Å². The summed E-state index contributed by atoms with van der Waals surface area (Å²) in [4.78, 5) is 29.3. The lowest BCUT2D eigenvalue weighted by atomic mass is 10.1. The van der Waals surface area contributed by atoms with Gasteiger partial charge in [0.25, 0.3) is 11.8 Å². The summed E-state index contributed by atoms with van der Waals surface area (Å²) in [5, 5.41) is 7.51. The third kappa shape index (κ3) is 4.72. The number of ether oxygens (including phenoxy) is 2. The van der Waals surface area contributed by atoms with E-state index in [2.05, 4.69) is 15.6 Å². The second kappa shape index (κ2) is 8.74. The van der Waals surface area contributed by atoms with E-state index in [0.717, 1.165) is 16.8 Å². The molecule has 3 aromatic rings. The molecule has 2 N–H and O–H groups in total. The zero-order valence-corrected chi connectivity index (χ0v) is 17.3. The monoisotopic (exact) mass is 411 g/mol. The van der Waals surface area contributed by atoms with Crippen LogP contribution in [0.2, 0.25) is 0 Å². The molecule has 0 atom stereocenters. The Morgan fingerprint density at radius 3 is 2.14 bits per heavy atom. The number of hydrogen-bond donors (Lipinski definition) is 2. The van der Waals surface area contributed by atoms with Crippen LogP contribution in [-0.2, 0) is 0 Å². The maximum Gasteiger partial charge on any atom is 0.275 e. The molecule has 150 valence electrons. The van der Waals surface area contributed by atoms with E-state index in [0.29, 0.717) is 22.2 Å². The number of carbonyl (C=O) groups excluding carboxylic acids is 2. The molecule has 0 radical (unpaired) electrons. The van der Waals surface area contributed by atoms with Crippen LogP contribution in [0, 0.1) is 13.8 Å². The number of thiazole rings is 1. The molecule has 0 aliphatic carbocycles. The van der Waals surface area contributed by atoms with Crippen molar-refractivity contribution >= 4 is 34.0 Å². The first kappa shape index (κ1) is 20.3. The largest absolute Gasteiger partial charge is 0.497 e. The van der Waals surface area contributed by atoms with Gasteiger partial charge in [0, 0.05) is 22.7 Å². The molecular formula is C21H21N3O4S. The van der Waals surface area contributed by atoms with E-state index in [9.17, 15) is 9.59 Å². The summed E-state index contributed by atoms with van der Waals surface area (Å²) in [6.07, 6.45) is 0. The van der Waals surface area contributed by atoms with Crippen molar-refractivity contribution in [3.63, 3.8) is 0 Å². The molecule has 0 spiro atoms. The minimum Gasteiger partial charge on any atom is -0.497 e. The Morgan fingerprint density at radius 2 is 1.55 bits per heavy atom. The summed E-state index contributed by atoms with van der Waals surface area (Å²) in [6, 6.07) is 10.7. The van der Waals surface area contributed by atoms with Crippen molar-refractivity contribution in [2.75, 3.05) is 24.9 Å². The maximum atomic E-state index is 12.6. The number of aryl methyl sites for hydroxylation is 2. The van der Waals surface area contributed by atoms with Gasteiger partial charge in [-0.15, -0.1) is 11.3 Å². The van der Waals surface area contributed by atoms with Gasteiger partial charge in [0.1, 0.15) is 17.2 Å². The Hall–Kier alpha value is -3.39. The number of para-hydroxylation sites is 1. The highest BCUT2D eigenvalue weighted by Gasteiger charge is 2.16. The van der Waals surface area contributed by atoms with Crippen LogP contribution < -0.4 is 20.1 Å². The fourth-order valence-electron chi connectivity index (χ4n) is 2.73. The number of rotatable bonds is 6. The van der Waals surface area contributed by atoms with Crippen molar-refractivity contribution in [2.24, 2.45) is 0 Å². The van der Waals surface area contributed by atoms with Gasteiger partial charge in [-0.3, -0.25) is 14.9 Å². The number of nitrogens with zero attached hydrogens (tertiary/aromatic N) is 1. The third-order valence-corrected chi connectivity index (χ3v) is 5.05. The molecular weight excluding hydrogens is 390 g/mol. The second-order valence-corrected chi connectivity index (χ2v) is 7.17. The molecule has 2 amide bonds. The zero-order chi connectivity index (χ0) is 21.0. The third-order valence-electron chi connectivity index (χ3n) is 4.29. The van der Waals surface area contributed by atoms with Gasteiger partial charge >= 0.3 is 0 Å². The van der Waals surface area contributed by atoms with Crippen molar-refractivity contribution < 1.29 is 19.1 Å². The van der Waals surface area contributed by atoms with Crippen molar-refractivity contribution in [1.29, 1.82) is 0 Å². The van der Waals surface area contributed by atoms with Crippen molar-refractivity contribution in [1.82, 2.24) is 4.98 Å². The van der Waals surface area contributed by atoms with Gasteiger partial charge in [0.05, 0.1) is 14.2 Å². The number of anilines is 2. The number of nitrogens with one attached hydrogen (secondary N) is 2. The number of hydrogen-bond acceptors (Lipinski definition) is 6. The van der Waals surface area contributed by atoms with Gasteiger partial charge in [0.2, 0.25) is 0 Å². The Labute approximate surface area is 172 Å². The standard InChI is InChI=1S/C21H21N3O4S/c1-12-6-5-7-13(2)18(12)23-20(26)17-11-29-21(22-17)24-19(25)14-8-15(27-3)10-16(9-14)28-4/h5-11H,1-4H3,(H,23,26)(H,22,24,25). The van der Waals surface area contributed by atoms with Gasteiger partial charge in [-0.05, 0) is 37.1 Å². The average molecular weight is 411 g/mol. The zero-order valence-electron chi connectivity index (χ0n) is 16.5. The summed E-state index contributed by atoms with van der Waals surface area (Å²) in [7, 11) is 3.02. The molecule has 0 saturated carbocycles. The molecule has 3 rings (SSSR count). The minimum absolute atomic E-state index is 0.233. The molecule has 0 bridgehead atoms. The Bertz CT molecular complexity index is 1020. The van der Waals surface area contributed by atoms with Crippen LogP contribution in [0.15, 0.2) is 41.8 Å². The number of benzene rings is 2. The van der Waals surface area contributed by atoms with E-state index in [1.54, 1.807) is 23.6 Å². The summed E-state index contributed by atoms with van der Waals surface area (Å²) < 4.78 is 10.4. The first-order valence-corrected chi connectivity index (χ1v) is 9.66. The smallest absolute Gasteiger partial charge is 0.275 e. The molecule has 0 fully saturated rings. The van der Waals surface area contributed by atoms with Gasteiger partial charge in [0.15, 0.2) is 5.13 Å². The van der Waals surface area contributed by atoms with E-state index < -0.39 is 0 Å². The van der Waals surface area contributed by atoms with E-state index in [1.807, 2.05) is 32.0 Å². The van der Waals surface area contributed by atoms with Crippen molar-refractivity contribution in [3.8, 4) is 11.5 Å². The lowest BCUT2D eigenvalue weighted by Gasteiger charge is -2.10. The van der Waals surface area contributed by atoms with Crippen molar-refractivity contribution in [2.45, 2.75) is 13.8 Å². The van der Waals surface area contributed by atoms with E-state index in [4.69, 9.17) is 9.47 Å². The van der Waals surface area contributed by atoms with E-state index in [-0.39, 0.29) is 17.5 Å². The maximum absolute atomic E-state index is 12.6. The molecule has 2 aromatic carbocycles. The van der Waals surface area contributed by atoms with Crippen molar-refractivity contribution in [3.05, 3.63) is 64.2 Å². The molecule has 0 aliphatic rings. The summed E-state index contributed by atoms with van der Waals surface area (Å²) >= 11 is 1.17. The van der Waals surface area contributed by atoms with Gasteiger partial charge in [-0.2, -0.15) is 0 Å². The first-order chi connectivity index (χ1) is 13.9. The molecule has 8 heteroatoms. The number of amides is 2. The molecule has 1 heterocycles. The van der Waals surface area contributed by atoms with Gasteiger partial charge in [-0.1, -0.05) is 18.2 Å². The predicted molar refractivity (Wildman–Crippen MR) is 113 cm³/mol. The highest BCUT2D eigenvalue weighted by atomic mass is 32.1. The van der Waals surface area contributed by atoms with Crippen LogP contribution in [0.1, 0.15) is 32.0 Å². The van der Waals surface area contributed by atoms with Gasteiger partial charge < -0.3 is 14.8 Å². The minimum atomic E-state index is -0.377. The Balaban J connectivity index is 1.73. The SMILES string of the molecule is COc1cc(OC)cc(C(=O)Nc2nc(C(=O)Nc3c(C)cccc3C)cs2)c1. The van der Waals surface area contributed by atoms with Crippen LogP contribution in [-0.4, -0.2) is 31.0 Å². The number of carbonyl (C=O) groups is 2. The van der Waals surface area contributed by atoms with Crippen LogP contribution in [0.25, 0.3) is 0 Å². The molecule has 1 aromatic heterocycles. The molecule has 0 saturated heterocycles. The van der Waals surface area contributed by atoms with Crippen LogP contribution in [0.5, 0.6) is 11.5 Å². The lowest BCUT2D eigenvalue weighted by molar-refractivity contribution is 0.101. The highest BCUT2D eigenvalue weighted by molar-refractivity contribution is 7.14. The quantitative estimate of drug-likeness (QED) is 0.632.